The highest BCUT2D eigenvalue weighted by atomic mass is 16.5. The second kappa shape index (κ2) is 6.27. The summed E-state index contributed by atoms with van der Waals surface area (Å²) < 4.78 is 10.9. The molecule has 1 N–H and O–H groups in total. The van der Waals surface area contributed by atoms with Crippen LogP contribution >= 0.6 is 0 Å². The molecule has 0 amide bonds. The third-order valence-electron chi connectivity index (χ3n) is 4.59. The van der Waals surface area contributed by atoms with Gasteiger partial charge in [0.05, 0.1) is 13.2 Å². The molecule has 0 unspecified atom stereocenters. The van der Waals surface area contributed by atoms with Gasteiger partial charge in [-0.3, -0.25) is 0 Å². The number of fused-ring (bicyclic) bond motifs is 1. The summed E-state index contributed by atoms with van der Waals surface area (Å²) in [7, 11) is 0. The van der Waals surface area contributed by atoms with Gasteiger partial charge in [-0.1, -0.05) is 11.2 Å². The number of aromatic amines is 1. The third-order valence-corrected chi connectivity index (χ3v) is 4.59. The topological polar surface area (TPSA) is 80.1 Å². The summed E-state index contributed by atoms with van der Waals surface area (Å²) in [6, 6.07) is 11.9. The first-order valence-electron chi connectivity index (χ1n) is 8.58. The first kappa shape index (κ1) is 15.1. The highest BCUT2D eigenvalue weighted by Crippen LogP contribution is 2.28. The van der Waals surface area contributed by atoms with E-state index in [-0.39, 0.29) is 0 Å². The van der Waals surface area contributed by atoms with Crippen LogP contribution in [0, 0.1) is 0 Å². The van der Waals surface area contributed by atoms with Crippen molar-refractivity contribution in [3.05, 3.63) is 48.8 Å². The molecule has 1 fully saturated rings. The van der Waals surface area contributed by atoms with Crippen LogP contribution in [0.25, 0.3) is 33.7 Å². The molecule has 0 atom stereocenters. The number of rotatable bonds is 3. The second-order valence-electron chi connectivity index (χ2n) is 6.17. The van der Waals surface area contributed by atoms with Crippen LogP contribution < -0.4 is 4.90 Å². The Labute approximate surface area is 149 Å². The standard InChI is InChI=1S/C19H17N5O2/c1-2-15(14-6-7-20-16(14)3-1)19-22-18(23-26-19)13-4-5-17(21-12-13)24-8-10-25-11-9-24/h1-7,12,20H,8-11H2. The van der Waals surface area contributed by atoms with Crippen molar-refractivity contribution in [1.82, 2.24) is 20.1 Å². The van der Waals surface area contributed by atoms with Gasteiger partial charge in [-0.25, -0.2) is 4.98 Å². The number of nitrogens with one attached hydrogen (secondary N) is 1. The van der Waals surface area contributed by atoms with Crippen molar-refractivity contribution in [2.75, 3.05) is 31.2 Å². The first-order valence-corrected chi connectivity index (χ1v) is 8.58. The molecule has 7 heteroatoms. The van der Waals surface area contributed by atoms with Crippen LogP contribution in [0.3, 0.4) is 0 Å². The van der Waals surface area contributed by atoms with Gasteiger partial charge in [0.15, 0.2) is 0 Å². The SMILES string of the molecule is c1cc(-c2nc(-c3ccc(N4CCOCC4)nc3)no2)c2cc[nH]c2c1. The molecule has 0 bridgehead atoms. The average molecular weight is 347 g/mol. The van der Waals surface area contributed by atoms with E-state index in [4.69, 9.17) is 9.26 Å². The minimum absolute atomic E-state index is 0.502. The molecule has 0 aliphatic carbocycles. The van der Waals surface area contributed by atoms with Crippen molar-refractivity contribution in [3.8, 4) is 22.8 Å². The van der Waals surface area contributed by atoms with Gasteiger partial charge in [0, 0.05) is 47.5 Å². The molecule has 7 nitrogen and oxygen atoms in total. The molecule has 4 heterocycles. The number of ether oxygens (including phenoxy) is 1. The molecular formula is C19H17N5O2. The molecule has 1 aromatic carbocycles. The Morgan fingerprint density at radius 1 is 1.04 bits per heavy atom. The Morgan fingerprint density at radius 2 is 1.96 bits per heavy atom. The second-order valence-corrected chi connectivity index (χ2v) is 6.17. The molecule has 0 saturated carbocycles. The van der Waals surface area contributed by atoms with Gasteiger partial charge >= 0.3 is 0 Å². The molecule has 0 radical (unpaired) electrons. The molecule has 4 aromatic rings. The zero-order valence-electron chi connectivity index (χ0n) is 14.1. The normalized spacial score (nSPS) is 14.8. The monoisotopic (exact) mass is 347 g/mol. The molecule has 0 spiro atoms. The van der Waals surface area contributed by atoms with Crippen molar-refractivity contribution in [2.24, 2.45) is 0 Å². The fourth-order valence-electron chi connectivity index (χ4n) is 3.22. The lowest BCUT2D eigenvalue weighted by Crippen LogP contribution is -2.36. The van der Waals surface area contributed by atoms with Crippen LogP contribution in [-0.2, 0) is 4.74 Å². The number of H-pyrrole nitrogens is 1. The summed E-state index contributed by atoms with van der Waals surface area (Å²) in [5.41, 5.74) is 2.79. The van der Waals surface area contributed by atoms with Gasteiger partial charge in [0.2, 0.25) is 5.82 Å². The van der Waals surface area contributed by atoms with E-state index >= 15 is 0 Å². The quantitative estimate of drug-likeness (QED) is 0.613. The smallest absolute Gasteiger partial charge is 0.258 e. The Balaban J connectivity index is 1.44. The van der Waals surface area contributed by atoms with Crippen LogP contribution in [0.1, 0.15) is 0 Å². The van der Waals surface area contributed by atoms with Gasteiger partial charge in [-0.05, 0) is 30.3 Å². The summed E-state index contributed by atoms with van der Waals surface area (Å²) in [6.07, 6.45) is 3.69. The van der Waals surface area contributed by atoms with E-state index in [9.17, 15) is 0 Å². The van der Waals surface area contributed by atoms with Crippen molar-refractivity contribution >= 4 is 16.7 Å². The molecule has 1 aliphatic heterocycles. The lowest BCUT2D eigenvalue weighted by atomic mass is 10.1. The zero-order chi connectivity index (χ0) is 17.3. The number of anilines is 1. The van der Waals surface area contributed by atoms with Crippen molar-refractivity contribution in [3.63, 3.8) is 0 Å². The summed E-state index contributed by atoms with van der Waals surface area (Å²) in [6.45, 7) is 3.20. The minimum Gasteiger partial charge on any atom is -0.378 e. The van der Waals surface area contributed by atoms with Gasteiger partial charge in [0.1, 0.15) is 5.82 Å². The van der Waals surface area contributed by atoms with Crippen LogP contribution in [0.4, 0.5) is 5.82 Å². The maximum atomic E-state index is 5.50. The average Bonchev–Trinajstić information content (AvgIpc) is 3.38. The number of morpholine rings is 1. The number of aromatic nitrogens is 4. The maximum Gasteiger partial charge on any atom is 0.258 e. The molecule has 5 rings (SSSR count). The van der Waals surface area contributed by atoms with Crippen molar-refractivity contribution < 1.29 is 9.26 Å². The third kappa shape index (κ3) is 2.62. The molecule has 26 heavy (non-hydrogen) atoms. The predicted molar refractivity (Wildman–Crippen MR) is 97.9 cm³/mol. The summed E-state index contributed by atoms with van der Waals surface area (Å²) in [5, 5.41) is 5.19. The first-order chi connectivity index (χ1) is 12.9. The maximum absolute atomic E-state index is 5.50. The van der Waals surface area contributed by atoms with E-state index in [0.717, 1.165) is 54.2 Å². The summed E-state index contributed by atoms with van der Waals surface area (Å²) in [4.78, 5) is 14.5. The number of hydrogen-bond acceptors (Lipinski definition) is 6. The Kier molecular flexibility index (Phi) is 3.64. The molecule has 1 saturated heterocycles. The van der Waals surface area contributed by atoms with Gasteiger partial charge in [-0.15, -0.1) is 0 Å². The highest BCUT2D eigenvalue weighted by Gasteiger charge is 2.15. The van der Waals surface area contributed by atoms with E-state index in [1.165, 1.54) is 0 Å². The molecular weight excluding hydrogens is 330 g/mol. The van der Waals surface area contributed by atoms with Crippen molar-refractivity contribution in [2.45, 2.75) is 0 Å². The minimum atomic E-state index is 0.502. The molecule has 1 aliphatic rings. The van der Waals surface area contributed by atoms with Crippen LogP contribution in [0.5, 0.6) is 0 Å². The van der Waals surface area contributed by atoms with Crippen LogP contribution in [0.2, 0.25) is 0 Å². The van der Waals surface area contributed by atoms with Crippen LogP contribution in [0.15, 0.2) is 53.3 Å². The lowest BCUT2D eigenvalue weighted by Gasteiger charge is -2.27. The van der Waals surface area contributed by atoms with Gasteiger partial charge in [-0.2, -0.15) is 4.98 Å². The van der Waals surface area contributed by atoms with E-state index in [1.54, 1.807) is 6.20 Å². The van der Waals surface area contributed by atoms with Gasteiger partial charge < -0.3 is 19.1 Å². The van der Waals surface area contributed by atoms with E-state index in [1.807, 2.05) is 42.6 Å². The lowest BCUT2D eigenvalue weighted by molar-refractivity contribution is 0.122. The molecule has 3 aromatic heterocycles. The fraction of sp³-hybridized carbons (Fsp3) is 0.211. The van der Waals surface area contributed by atoms with E-state index in [2.05, 4.69) is 25.0 Å². The zero-order valence-corrected chi connectivity index (χ0v) is 14.1. The largest absolute Gasteiger partial charge is 0.378 e. The Bertz CT molecular complexity index is 1030. The fourth-order valence-corrected chi connectivity index (χ4v) is 3.22. The van der Waals surface area contributed by atoms with E-state index < -0.39 is 0 Å². The number of hydrogen-bond donors (Lipinski definition) is 1. The van der Waals surface area contributed by atoms with E-state index in [0.29, 0.717) is 11.7 Å². The summed E-state index contributed by atoms with van der Waals surface area (Å²) >= 11 is 0. The Hall–Kier alpha value is -3.19. The van der Waals surface area contributed by atoms with Crippen molar-refractivity contribution in [1.29, 1.82) is 0 Å². The number of nitrogens with zero attached hydrogens (tertiary/aromatic N) is 4. The van der Waals surface area contributed by atoms with Crippen LogP contribution in [-0.4, -0.2) is 46.4 Å². The van der Waals surface area contributed by atoms with Gasteiger partial charge in [0.25, 0.3) is 5.89 Å². The summed E-state index contributed by atoms with van der Waals surface area (Å²) in [5.74, 6) is 1.98. The highest BCUT2D eigenvalue weighted by molar-refractivity contribution is 5.93. The molecule has 130 valence electrons. The number of benzene rings is 1. The Morgan fingerprint density at radius 3 is 2.81 bits per heavy atom. The number of pyridine rings is 1. The predicted octanol–water partition coefficient (Wildman–Crippen LogP) is 3.12.